The first-order valence-corrected chi connectivity index (χ1v) is 5.04. The van der Waals surface area contributed by atoms with E-state index in [0.717, 1.165) is 16.3 Å². The van der Waals surface area contributed by atoms with Crippen LogP contribution in [0.3, 0.4) is 0 Å². The molecule has 2 nitrogen and oxygen atoms in total. The molecule has 0 aromatic heterocycles. The van der Waals surface area contributed by atoms with Crippen LogP contribution in [0.5, 0.6) is 0 Å². The molecule has 0 amide bonds. The Labute approximate surface area is 93.3 Å². The summed E-state index contributed by atoms with van der Waals surface area (Å²) in [4.78, 5) is 10.6. The van der Waals surface area contributed by atoms with Gasteiger partial charge in [0, 0.05) is 0 Å². The fourth-order valence-electron chi connectivity index (χ4n) is 1.56. The molecule has 0 bridgehead atoms. The second-order valence-electron chi connectivity index (χ2n) is 3.19. The first kappa shape index (κ1) is 10.1. The van der Waals surface area contributed by atoms with E-state index in [1.165, 1.54) is 0 Å². The lowest BCUT2D eigenvalue weighted by molar-refractivity contribution is 0.169. The fourth-order valence-corrected chi connectivity index (χ4v) is 1.62. The van der Waals surface area contributed by atoms with Gasteiger partial charge in [-0.3, -0.25) is 0 Å². The van der Waals surface area contributed by atoms with E-state index in [0.29, 0.717) is 0 Å². The van der Waals surface area contributed by atoms with E-state index in [1.807, 2.05) is 42.5 Å². The van der Waals surface area contributed by atoms with Crippen LogP contribution in [-0.2, 0) is 11.3 Å². The van der Waals surface area contributed by atoms with Gasteiger partial charge in [-0.2, -0.15) is 0 Å². The van der Waals surface area contributed by atoms with Gasteiger partial charge in [0.2, 0.25) is 0 Å². The van der Waals surface area contributed by atoms with Crippen molar-refractivity contribution in [3.8, 4) is 0 Å². The van der Waals surface area contributed by atoms with Gasteiger partial charge < -0.3 is 4.74 Å². The quantitative estimate of drug-likeness (QED) is 0.617. The number of benzene rings is 2. The van der Waals surface area contributed by atoms with Crippen LogP contribution >= 0.6 is 12.6 Å². The zero-order valence-corrected chi connectivity index (χ0v) is 8.91. The molecule has 0 radical (unpaired) electrons. The van der Waals surface area contributed by atoms with Crippen molar-refractivity contribution in [1.82, 2.24) is 0 Å². The van der Waals surface area contributed by atoms with E-state index in [9.17, 15) is 4.79 Å². The van der Waals surface area contributed by atoms with E-state index >= 15 is 0 Å². The SMILES string of the molecule is O=C(S)OCc1cccc2ccccc12. The van der Waals surface area contributed by atoms with Crippen LogP contribution in [0.4, 0.5) is 4.79 Å². The van der Waals surface area contributed by atoms with Gasteiger partial charge in [-0.1, -0.05) is 55.1 Å². The summed E-state index contributed by atoms with van der Waals surface area (Å²) in [6.07, 6.45) is 0. The number of fused-ring (bicyclic) bond motifs is 1. The maximum atomic E-state index is 10.6. The van der Waals surface area contributed by atoms with Crippen molar-refractivity contribution < 1.29 is 9.53 Å². The number of hydrogen-bond donors (Lipinski definition) is 1. The normalized spacial score (nSPS) is 10.2. The number of carbonyl (C=O) groups is 1. The molecule has 2 aromatic carbocycles. The van der Waals surface area contributed by atoms with Crippen LogP contribution in [-0.4, -0.2) is 5.30 Å². The molecular weight excluding hydrogens is 208 g/mol. The lowest BCUT2D eigenvalue weighted by Crippen LogP contribution is -1.95. The number of rotatable bonds is 2. The number of thiol groups is 1. The van der Waals surface area contributed by atoms with Crippen LogP contribution in [0, 0.1) is 0 Å². The molecule has 0 saturated carbocycles. The summed E-state index contributed by atoms with van der Waals surface area (Å²) in [5, 5.41) is 1.70. The van der Waals surface area contributed by atoms with Crippen LogP contribution in [0.2, 0.25) is 0 Å². The van der Waals surface area contributed by atoms with Gasteiger partial charge in [0.25, 0.3) is 0 Å². The van der Waals surface area contributed by atoms with Gasteiger partial charge >= 0.3 is 5.30 Å². The zero-order valence-electron chi connectivity index (χ0n) is 8.01. The summed E-state index contributed by atoms with van der Waals surface area (Å²) < 4.78 is 4.86. The van der Waals surface area contributed by atoms with Crippen molar-refractivity contribution in [2.24, 2.45) is 0 Å². The van der Waals surface area contributed by atoms with Crippen molar-refractivity contribution in [3.63, 3.8) is 0 Å². The Balaban J connectivity index is 2.38. The van der Waals surface area contributed by atoms with E-state index < -0.39 is 5.30 Å². The first-order valence-electron chi connectivity index (χ1n) is 4.60. The molecule has 3 heteroatoms. The minimum atomic E-state index is -0.553. The minimum Gasteiger partial charge on any atom is -0.453 e. The lowest BCUT2D eigenvalue weighted by atomic mass is 10.1. The molecule has 0 aliphatic heterocycles. The highest BCUT2D eigenvalue weighted by molar-refractivity contribution is 7.96. The highest BCUT2D eigenvalue weighted by Gasteiger charge is 2.01. The van der Waals surface area contributed by atoms with Gasteiger partial charge in [-0.05, 0) is 16.3 Å². The van der Waals surface area contributed by atoms with Crippen molar-refractivity contribution in [2.45, 2.75) is 6.61 Å². The highest BCUT2D eigenvalue weighted by atomic mass is 32.1. The third-order valence-electron chi connectivity index (χ3n) is 2.23. The van der Waals surface area contributed by atoms with Crippen molar-refractivity contribution in [3.05, 3.63) is 48.0 Å². The smallest absolute Gasteiger partial charge is 0.364 e. The molecule has 76 valence electrons. The third kappa shape index (κ3) is 2.30. The minimum absolute atomic E-state index is 0.268. The first-order chi connectivity index (χ1) is 7.27. The molecule has 0 heterocycles. The zero-order chi connectivity index (χ0) is 10.7. The maximum absolute atomic E-state index is 10.6. The average Bonchev–Trinajstić information content (AvgIpc) is 2.26. The predicted octanol–water partition coefficient (Wildman–Crippen LogP) is 3.41. The van der Waals surface area contributed by atoms with Gasteiger partial charge in [0.1, 0.15) is 6.61 Å². The highest BCUT2D eigenvalue weighted by Crippen LogP contribution is 2.19. The molecule has 0 aliphatic rings. The third-order valence-corrected chi connectivity index (χ3v) is 2.36. The van der Waals surface area contributed by atoms with E-state index in [2.05, 4.69) is 12.6 Å². The van der Waals surface area contributed by atoms with Crippen LogP contribution in [0.25, 0.3) is 10.8 Å². The number of ether oxygens (including phenoxy) is 1. The Kier molecular flexibility index (Phi) is 2.92. The van der Waals surface area contributed by atoms with E-state index in [4.69, 9.17) is 4.74 Å². The largest absolute Gasteiger partial charge is 0.453 e. The lowest BCUT2D eigenvalue weighted by Gasteiger charge is -2.05. The fraction of sp³-hybridized carbons (Fsp3) is 0.0833. The number of hydrogen-bond acceptors (Lipinski definition) is 2. The summed E-state index contributed by atoms with van der Waals surface area (Å²) in [6.45, 7) is 0.268. The molecule has 0 atom stereocenters. The summed E-state index contributed by atoms with van der Waals surface area (Å²) >= 11 is 3.56. The van der Waals surface area contributed by atoms with Crippen molar-refractivity contribution >= 4 is 28.7 Å². The summed E-state index contributed by atoms with van der Waals surface area (Å²) in [6, 6.07) is 13.9. The second-order valence-corrected chi connectivity index (χ2v) is 3.56. The summed E-state index contributed by atoms with van der Waals surface area (Å²) in [5.74, 6) is 0. The standard InChI is InChI=1S/C12H10O2S/c13-12(15)14-8-10-6-3-5-9-4-1-2-7-11(9)10/h1-7H,8H2,(H,13,15). The Bertz CT molecular complexity index is 488. The Morgan fingerprint density at radius 2 is 1.87 bits per heavy atom. The molecule has 0 N–H and O–H groups in total. The van der Waals surface area contributed by atoms with E-state index in [1.54, 1.807) is 0 Å². The topological polar surface area (TPSA) is 26.3 Å². The molecule has 0 spiro atoms. The molecule has 2 rings (SSSR count). The van der Waals surface area contributed by atoms with Crippen LogP contribution < -0.4 is 0 Å². The Morgan fingerprint density at radius 3 is 2.67 bits per heavy atom. The summed E-state index contributed by atoms with van der Waals surface area (Å²) in [5.41, 5.74) is 0.996. The average molecular weight is 218 g/mol. The molecule has 0 fully saturated rings. The molecule has 15 heavy (non-hydrogen) atoms. The Hall–Kier alpha value is -1.48. The maximum Gasteiger partial charge on any atom is 0.364 e. The van der Waals surface area contributed by atoms with Gasteiger partial charge in [-0.25, -0.2) is 4.79 Å². The van der Waals surface area contributed by atoms with Crippen molar-refractivity contribution in [1.29, 1.82) is 0 Å². The van der Waals surface area contributed by atoms with Crippen molar-refractivity contribution in [2.75, 3.05) is 0 Å². The Morgan fingerprint density at radius 1 is 1.13 bits per heavy atom. The van der Waals surface area contributed by atoms with Gasteiger partial charge in [0.15, 0.2) is 0 Å². The second kappa shape index (κ2) is 4.36. The summed E-state index contributed by atoms with van der Waals surface area (Å²) in [7, 11) is 0. The number of carbonyl (C=O) groups excluding carboxylic acids is 1. The molecule has 0 aliphatic carbocycles. The molecule has 2 aromatic rings. The predicted molar refractivity (Wildman–Crippen MR) is 63.1 cm³/mol. The van der Waals surface area contributed by atoms with E-state index in [-0.39, 0.29) is 6.61 Å². The molecule has 0 saturated heterocycles. The monoisotopic (exact) mass is 218 g/mol. The van der Waals surface area contributed by atoms with Crippen LogP contribution in [0.1, 0.15) is 5.56 Å². The molecular formula is C12H10O2S. The van der Waals surface area contributed by atoms with Gasteiger partial charge in [0.05, 0.1) is 0 Å². The van der Waals surface area contributed by atoms with Crippen LogP contribution in [0.15, 0.2) is 42.5 Å². The molecule has 0 unspecified atom stereocenters. The van der Waals surface area contributed by atoms with Gasteiger partial charge in [-0.15, -0.1) is 0 Å².